The summed E-state index contributed by atoms with van der Waals surface area (Å²) in [6.07, 6.45) is 3.40. The van der Waals surface area contributed by atoms with Gasteiger partial charge in [0.1, 0.15) is 28.3 Å². The molecule has 5 rings (SSSR count). The van der Waals surface area contributed by atoms with Gasteiger partial charge in [0, 0.05) is 23.5 Å². The zero-order chi connectivity index (χ0) is 31.6. The van der Waals surface area contributed by atoms with Crippen molar-refractivity contribution in [2.24, 2.45) is 0 Å². The second-order valence-electron chi connectivity index (χ2n) is 11.0. The summed E-state index contributed by atoms with van der Waals surface area (Å²) in [5.74, 6) is -1.39. The molecule has 0 bridgehead atoms. The van der Waals surface area contributed by atoms with E-state index in [0.29, 0.717) is 17.2 Å². The molecule has 5 aromatic rings. The van der Waals surface area contributed by atoms with Crippen molar-refractivity contribution in [3.05, 3.63) is 83.8 Å². The van der Waals surface area contributed by atoms with Crippen molar-refractivity contribution in [3.63, 3.8) is 0 Å². The van der Waals surface area contributed by atoms with Crippen LogP contribution in [-0.2, 0) is 22.5 Å². The Morgan fingerprint density at radius 2 is 1.70 bits per heavy atom. The summed E-state index contributed by atoms with van der Waals surface area (Å²) in [4.78, 5) is 24.6. The number of ether oxygens (including phenoxy) is 3. The second-order valence-corrected chi connectivity index (χ2v) is 11.0. The number of esters is 1. The molecule has 10 nitrogen and oxygen atoms in total. The zero-order valence-electron chi connectivity index (χ0n) is 24.8. The Hall–Kier alpha value is -5.26. The fourth-order valence-electron chi connectivity index (χ4n) is 4.64. The molecule has 2 aromatic carbocycles. The van der Waals surface area contributed by atoms with E-state index in [9.17, 15) is 18.7 Å². The van der Waals surface area contributed by atoms with Crippen LogP contribution in [0, 0.1) is 11.6 Å². The maximum atomic E-state index is 14.7. The Kier molecular flexibility index (Phi) is 8.34. The van der Waals surface area contributed by atoms with Gasteiger partial charge in [-0.15, -0.1) is 0 Å². The summed E-state index contributed by atoms with van der Waals surface area (Å²) in [5.41, 5.74) is 1.18. The number of aromatic nitrogens is 4. The number of hydrogen-bond acceptors (Lipinski definition) is 9. The van der Waals surface area contributed by atoms with Crippen LogP contribution in [0.5, 0.6) is 17.4 Å². The van der Waals surface area contributed by atoms with E-state index < -0.39 is 22.8 Å². The zero-order valence-corrected chi connectivity index (χ0v) is 24.8. The molecule has 0 amide bonds. The Labute approximate surface area is 252 Å². The lowest BCUT2D eigenvalue weighted by Crippen LogP contribution is -2.24. The van der Waals surface area contributed by atoms with E-state index in [1.165, 1.54) is 11.7 Å². The standard InChI is InChI=1S/C32H31F2N5O5/c1-32(2,3)44-26(40)12-18-6-9-20(10-7-18)36-30-28-24(37-29(38-30)27-22(33)14-35-15-23(27)34)17-39(31(28)41)16-19-8-11-21(42-4)13-25(19)43-5/h6-11,13-15,17,41H,12,16H2,1-5H3,(H,36,37,38). The molecule has 3 heterocycles. The van der Waals surface area contributed by atoms with Crippen LogP contribution in [-0.4, -0.2) is 50.4 Å². The van der Waals surface area contributed by atoms with Crippen LogP contribution in [0.25, 0.3) is 22.3 Å². The number of methoxy groups -OCH3 is 2. The normalized spacial score (nSPS) is 11.4. The predicted octanol–water partition coefficient (Wildman–Crippen LogP) is 6.17. The highest BCUT2D eigenvalue weighted by Crippen LogP contribution is 2.37. The molecule has 228 valence electrons. The summed E-state index contributed by atoms with van der Waals surface area (Å²) in [6.45, 7) is 5.58. The highest BCUT2D eigenvalue weighted by atomic mass is 19.1. The molecule has 0 aliphatic carbocycles. The van der Waals surface area contributed by atoms with Crippen LogP contribution in [0.2, 0.25) is 0 Å². The summed E-state index contributed by atoms with van der Waals surface area (Å²) >= 11 is 0. The van der Waals surface area contributed by atoms with E-state index in [2.05, 4.69) is 20.3 Å². The molecule has 2 N–H and O–H groups in total. The number of aromatic hydroxyl groups is 1. The molecule has 0 radical (unpaired) electrons. The molecule has 0 aliphatic heterocycles. The lowest BCUT2D eigenvalue weighted by molar-refractivity contribution is -0.153. The van der Waals surface area contributed by atoms with Gasteiger partial charge in [0.2, 0.25) is 5.88 Å². The summed E-state index contributed by atoms with van der Waals surface area (Å²) in [6, 6.07) is 12.2. The van der Waals surface area contributed by atoms with E-state index in [0.717, 1.165) is 23.5 Å². The summed E-state index contributed by atoms with van der Waals surface area (Å²) < 4.78 is 47.2. The number of pyridine rings is 1. The number of hydrogen-bond donors (Lipinski definition) is 2. The van der Waals surface area contributed by atoms with Gasteiger partial charge in [-0.05, 0) is 50.6 Å². The number of anilines is 2. The minimum absolute atomic E-state index is 0.0819. The molecule has 0 fully saturated rings. The van der Waals surface area contributed by atoms with E-state index in [-0.39, 0.29) is 47.4 Å². The van der Waals surface area contributed by atoms with Gasteiger partial charge in [0.05, 0.1) is 50.7 Å². The largest absolute Gasteiger partial charge is 0.497 e. The Morgan fingerprint density at radius 1 is 1.00 bits per heavy atom. The van der Waals surface area contributed by atoms with Crippen LogP contribution >= 0.6 is 0 Å². The van der Waals surface area contributed by atoms with Gasteiger partial charge < -0.3 is 29.2 Å². The van der Waals surface area contributed by atoms with Crippen molar-refractivity contribution in [2.45, 2.75) is 39.3 Å². The number of nitrogens with one attached hydrogen (secondary N) is 1. The van der Waals surface area contributed by atoms with Crippen molar-refractivity contribution < 1.29 is 32.9 Å². The first-order valence-corrected chi connectivity index (χ1v) is 13.6. The maximum absolute atomic E-state index is 14.7. The van der Waals surface area contributed by atoms with Crippen LogP contribution in [0.4, 0.5) is 20.3 Å². The van der Waals surface area contributed by atoms with E-state index in [1.807, 2.05) is 0 Å². The molecule has 0 saturated heterocycles. The maximum Gasteiger partial charge on any atom is 0.310 e. The minimum Gasteiger partial charge on any atom is -0.497 e. The number of benzene rings is 2. The van der Waals surface area contributed by atoms with Crippen molar-refractivity contribution in [1.82, 2.24) is 19.5 Å². The lowest BCUT2D eigenvalue weighted by Gasteiger charge is -2.19. The molecule has 12 heteroatoms. The average molecular weight is 604 g/mol. The number of halogens is 2. The van der Waals surface area contributed by atoms with Crippen molar-refractivity contribution in [1.29, 1.82) is 0 Å². The van der Waals surface area contributed by atoms with Gasteiger partial charge in [0.25, 0.3) is 0 Å². The van der Waals surface area contributed by atoms with Gasteiger partial charge in [-0.2, -0.15) is 0 Å². The third-order valence-electron chi connectivity index (χ3n) is 6.61. The van der Waals surface area contributed by atoms with Crippen molar-refractivity contribution >= 4 is 28.4 Å². The fourth-order valence-corrected chi connectivity index (χ4v) is 4.64. The third kappa shape index (κ3) is 6.54. The number of fused-ring (bicyclic) bond motifs is 1. The van der Waals surface area contributed by atoms with Gasteiger partial charge in [-0.1, -0.05) is 12.1 Å². The molecular weight excluding hydrogens is 572 g/mol. The monoisotopic (exact) mass is 603 g/mol. The predicted molar refractivity (Wildman–Crippen MR) is 160 cm³/mol. The van der Waals surface area contributed by atoms with Crippen molar-refractivity contribution in [2.75, 3.05) is 19.5 Å². The molecule has 0 aliphatic rings. The molecule has 3 aromatic heterocycles. The quantitative estimate of drug-likeness (QED) is 0.191. The van der Waals surface area contributed by atoms with Crippen LogP contribution in [0.3, 0.4) is 0 Å². The summed E-state index contributed by atoms with van der Waals surface area (Å²) in [7, 11) is 3.08. The van der Waals surface area contributed by atoms with E-state index in [1.54, 1.807) is 76.5 Å². The highest BCUT2D eigenvalue weighted by Gasteiger charge is 2.23. The van der Waals surface area contributed by atoms with Crippen LogP contribution in [0.1, 0.15) is 31.9 Å². The van der Waals surface area contributed by atoms with Crippen LogP contribution < -0.4 is 14.8 Å². The molecule has 44 heavy (non-hydrogen) atoms. The molecule has 0 unspecified atom stereocenters. The van der Waals surface area contributed by atoms with E-state index in [4.69, 9.17) is 14.2 Å². The Morgan fingerprint density at radius 3 is 2.34 bits per heavy atom. The molecule has 0 saturated carbocycles. The van der Waals surface area contributed by atoms with Gasteiger partial charge in [0.15, 0.2) is 17.5 Å². The first kappa shape index (κ1) is 30.2. The smallest absolute Gasteiger partial charge is 0.310 e. The number of carbonyl (C=O) groups is 1. The SMILES string of the molecule is COc1ccc(Cn2cc3nc(-c4c(F)cncc4F)nc(Nc4ccc(CC(=O)OC(C)(C)C)cc4)c3c2O)c(OC)c1. The van der Waals surface area contributed by atoms with Gasteiger partial charge in [-0.25, -0.2) is 18.7 Å². The average Bonchev–Trinajstić information content (AvgIpc) is 3.28. The number of carbonyl (C=O) groups excluding carboxylic acids is 1. The van der Waals surface area contributed by atoms with E-state index >= 15 is 0 Å². The first-order chi connectivity index (χ1) is 21.0. The Bertz CT molecular complexity index is 1810. The number of nitrogens with zero attached hydrogens (tertiary/aromatic N) is 4. The topological polar surface area (TPSA) is 121 Å². The summed E-state index contributed by atoms with van der Waals surface area (Å²) in [5, 5.41) is 14.7. The highest BCUT2D eigenvalue weighted by molar-refractivity contribution is 5.97. The molecule has 0 spiro atoms. The first-order valence-electron chi connectivity index (χ1n) is 13.6. The second kappa shape index (κ2) is 12.2. The number of rotatable bonds is 9. The van der Waals surface area contributed by atoms with Crippen LogP contribution in [0.15, 0.2) is 61.1 Å². The van der Waals surface area contributed by atoms with Gasteiger partial charge >= 0.3 is 5.97 Å². The molecule has 0 atom stereocenters. The Balaban J connectivity index is 1.55. The van der Waals surface area contributed by atoms with Gasteiger partial charge in [-0.3, -0.25) is 9.78 Å². The van der Waals surface area contributed by atoms with Crippen molar-refractivity contribution in [3.8, 4) is 28.8 Å². The minimum atomic E-state index is -0.937. The molecular formula is C32H31F2N5O5. The lowest BCUT2D eigenvalue weighted by atomic mass is 10.1. The third-order valence-corrected chi connectivity index (χ3v) is 6.61. The fraction of sp³-hybridized carbons (Fsp3) is 0.250.